The molecular formula is C19H40O2. The molecule has 0 fully saturated rings. The van der Waals surface area contributed by atoms with Gasteiger partial charge in [0.05, 0.1) is 12.2 Å². The molecule has 2 nitrogen and oxygen atoms in total. The first-order valence-corrected chi connectivity index (χ1v) is 9.56. The second kappa shape index (κ2) is 16.3. The summed E-state index contributed by atoms with van der Waals surface area (Å²) in [5.41, 5.74) is 0. The van der Waals surface area contributed by atoms with E-state index in [0.29, 0.717) is 0 Å². The molecule has 2 atom stereocenters. The molecule has 0 spiro atoms. The summed E-state index contributed by atoms with van der Waals surface area (Å²) in [6, 6.07) is 0. The fourth-order valence-corrected chi connectivity index (χ4v) is 2.84. The Balaban J connectivity index is 3.28. The van der Waals surface area contributed by atoms with E-state index < -0.39 is 0 Å². The Hall–Kier alpha value is -0.0800. The average molecular weight is 301 g/mol. The summed E-state index contributed by atoms with van der Waals surface area (Å²) in [7, 11) is 0. The maximum absolute atomic E-state index is 9.91. The molecule has 0 aromatic heterocycles. The lowest BCUT2D eigenvalue weighted by atomic mass is 10.0. The number of aliphatic hydroxyl groups excluding tert-OH is 2. The molecule has 0 aliphatic carbocycles. The fourth-order valence-electron chi connectivity index (χ4n) is 2.84. The van der Waals surface area contributed by atoms with Gasteiger partial charge in [0.15, 0.2) is 0 Å². The van der Waals surface area contributed by atoms with Crippen LogP contribution in [0.1, 0.15) is 110 Å². The number of aliphatic hydroxyl groups is 2. The van der Waals surface area contributed by atoms with Crippen molar-refractivity contribution in [2.45, 2.75) is 122 Å². The molecule has 0 aliphatic rings. The van der Waals surface area contributed by atoms with E-state index in [1.165, 1.54) is 51.4 Å². The lowest BCUT2D eigenvalue weighted by Gasteiger charge is -2.12. The Morgan fingerprint density at radius 2 is 0.762 bits per heavy atom. The Bertz CT molecular complexity index is 194. The van der Waals surface area contributed by atoms with Gasteiger partial charge in [0, 0.05) is 0 Å². The zero-order valence-corrected chi connectivity index (χ0v) is 14.7. The quantitative estimate of drug-likeness (QED) is 0.364. The lowest BCUT2D eigenvalue weighted by Crippen LogP contribution is -2.09. The Morgan fingerprint density at radius 1 is 0.476 bits per heavy atom. The van der Waals surface area contributed by atoms with Crippen LogP contribution in [-0.2, 0) is 0 Å². The van der Waals surface area contributed by atoms with E-state index in [-0.39, 0.29) is 12.2 Å². The van der Waals surface area contributed by atoms with Crippen LogP contribution in [0.4, 0.5) is 0 Å². The van der Waals surface area contributed by atoms with Crippen LogP contribution in [0.15, 0.2) is 0 Å². The van der Waals surface area contributed by atoms with Gasteiger partial charge in [-0.2, -0.15) is 0 Å². The summed E-state index contributed by atoms with van der Waals surface area (Å²) < 4.78 is 0. The SMILES string of the molecule is CCCCCCCC(O)CCCCC(O)CCCCCC. The molecular weight excluding hydrogens is 260 g/mol. The van der Waals surface area contributed by atoms with Crippen LogP contribution in [0.5, 0.6) is 0 Å². The molecule has 0 rings (SSSR count). The van der Waals surface area contributed by atoms with Crippen molar-refractivity contribution in [2.75, 3.05) is 0 Å². The second-order valence-corrected chi connectivity index (χ2v) is 6.64. The van der Waals surface area contributed by atoms with Crippen molar-refractivity contribution in [3.63, 3.8) is 0 Å². The third-order valence-corrected chi connectivity index (χ3v) is 4.36. The molecule has 0 amide bonds. The summed E-state index contributed by atoms with van der Waals surface area (Å²) in [6.45, 7) is 4.44. The minimum Gasteiger partial charge on any atom is -0.393 e. The van der Waals surface area contributed by atoms with Crippen LogP contribution in [0.2, 0.25) is 0 Å². The van der Waals surface area contributed by atoms with Crippen LogP contribution in [0.3, 0.4) is 0 Å². The highest BCUT2D eigenvalue weighted by molar-refractivity contribution is 4.60. The molecule has 128 valence electrons. The van der Waals surface area contributed by atoms with Crippen molar-refractivity contribution in [1.29, 1.82) is 0 Å². The maximum Gasteiger partial charge on any atom is 0.0540 e. The molecule has 0 heterocycles. The largest absolute Gasteiger partial charge is 0.393 e. The molecule has 21 heavy (non-hydrogen) atoms. The maximum atomic E-state index is 9.91. The molecule has 0 bridgehead atoms. The molecule has 0 aliphatic heterocycles. The highest BCUT2D eigenvalue weighted by Crippen LogP contribution is 2.15. The minimum atomic E-state index is -0.118. The van der Waals surface area contributed by atoms with Gasteiger partial charge in [-0.05, 0) is 25.7 Å². The van der Waals surface area contributed by atoms with Gasteiger partial charge in [-0.3, -0.25) is 0 Å². The topological polar surface area (TPSA) is 40.5 Å². The Kier molecular flexibility index (Phi) is 16.2. The lowest BCUT2D eigenvalue weighted by molar-refractivity contribution is 0.132. The zero-order valence-electron chi connectivity index (χ0n) is 14.7. The van der Waals surface area contributed by atoms with Gasteiger partial charge in [0.25, 0.3) is 0 Å². The van der Waals surface area contributed by atoms with Gasteiger partial charge in [-0.25, -0.2) is 0 Å². The van der Waals surface area contributed by atoms with Crippen molar-refractivity contribution in [3.05, 3.63) is 0 Å². The van der Waals surface area contributed by atoms with E-state index in [1.807, 2.05) is 0 Å². The van der Waals surface area contributed by atoms with Gasteiger partial charge < -0.3 is 10.2 Å². The Labute approximate surface area is 133 Å². The van der Waals surface area contributed by atoms with Crippen LogP contribution >= 0.6 is 0 Å². The molecule has 2 heteroatoms. The smallest absolute Gasteiger partial charge is 0.0540 e. The molecule has 0 saturated heterocycles. The van der Waals surface area contributed by atoms with E-state index in [4.69, 9.17) is 0 Å². The molecule has 0 aromatic rings. The van der Waals surface area contributed by atoms with Crippen molar-refractivity contribution < 1.29 is 10.2 Å². The highest BCUT2D eigenvalue weighted by atomic mass is 16.3. The standard InChI is InChI=1S/C19H40O2/c1-3-5-7-9-11-15-19(21)17-13-12-16-18(20)14-10-8-6-4-2/h18-21H,3-17H2,1-2H3. The predicted octanol–water partition coefficient (Wildman–Crippen LogP) is 5.60. The number of hydrogen-bond acceptors (Lipinski definition) is 2. The summed E-state index contributed by atoms with van der Waals surface area (Å²) in [5, 5.41) is 19.8. The average Bonchev–Trinajstić information content (AvgIpc) is 2.48. The van der Waals surface area contributed by atoms with E-state index in [9.17, 15) is 10.2 Å². The summed E-state index contributed by atoms with van der Waals surface area (Å²) in [5.74, 6) is 0. The van der Waals surface area contributed by atoms with E-state index in [1.54, 1.807) is 0 Å². The number of rotatable bonds is 16. The van der Waals surface area contributed by atoms with E-state index in [2.05, 4.69) is 13.8 Å². The van der Waals surface area contributed by atoms with Gasteiger partial charge >= 0.3 is 0 Å². The van der Waals surface area contributed by atoms with Gasteiger partial charge in [0.1, 0.15) is 0 Å². The van der Waals surface area contributed by atoms with Crippen LogP contribution in [0.25, 0.3) is 0 Å². The van der Waals surface area contributed by atoms with E-state index >= 15 is 0 Å². The normalized spacial score (nSPS) is 14.3. The molecule has 2 N–H and O–H groups in total. The second-order valence-electron chi connectivity index (χ2n) is 6.64. The van der Waals surface area contributed by atoms with Crippen molar-refractivity contribution in [3.8, 4) is 0 Å². The summed E-state index contributed by atoms with van der Waals surface area (Å²) in [4.78, 5) is 0. The first-order chi connectivity index (χ1) is 10.2. The summed E-state index contributed by atoms with van der Waals surface area (Å²) >= 11 is 0. The van der Waals surface area contributed by atoms with Crippen molar-refractivity contribution in [2.24, 2.45) is 0 Å². The van der Waals surface area contributed by atoms with Crippen LogP contribution in [0, 0.1) is 0 Å². The minimum absolute atomic E-state index is 0.117. The first-order valence-electron chi connectivity index (χ1n) is 9.56. The molecule has 0 saturated carbocycles. The van der Waals surface area contributed by atoms with Crippen molar-refractivity contribution >= 4 is 0 Å². The van der Waals surface area contributed by atoms with Gasteiger partial charge in [0.2, 0.25) is 0 Å². The van der Waals surface area contributed by atoms with Gasteiger partial charge in [-0.1, -0.05) is 84.5 Å². The van der Waals surface area contributed by atoms with Crippen LogP contribution in [-0.4, -0.2) is 22.4 Å². The zero-order chi connectivity index (χ0) is 15.8. The molecule has 0 aromatic carbocycles. The van der Waals surface area contributed by atoms with E-state index in [0.717, 1.165) is 44.9 Å². The van der Waals surface area contributed by atoms with Crippen LogP contribution < -0.4 is 0 Å². The summed E-state index contributed by atoms with van der Waals surface area (Å²) in [6.07, 6.45) is 16.9. The fraction of sp³-hybridized carbons (Fsp3) is 1.00. The molecule has 2 unspecified atom stereocenters. The highest BCUT2D eigenvalue weighted by Gasteiger charge is 2.06. The number of hydrogen-bond donors (Lipinski definition) is 2. The predicted molar refractivity (Wildman–Crippen MR) is 92.6 cm³/mol. The third kappa shape index (κ3) is 16.1. The Morgan fingerprint density at radius 3 is 1.14 bits per heavy atom. The first kappa shape index (κ1) is 20.9. The van der Waals surface area contributed by atoms with Crippen molar-refractivity contribution in [1.82, 2.24) is 0 Å². The number of unbranched alkanes of at least 4 members (excludes halogenated alkanes) is 8. The third-order valence-electron chi connectivity index (χ3n) is 4.36. The van der Waals surface area contributed by atoms with Gasteiger partial charge in [-0.15, -0.1) is 0 Å². The molecule has 0 radical (unpaired) electrons. The monoisotopic (exact) mass is 300 g/mol.